The molecule has 1 unspecified atom stereocenters. The van der Waals surface area contributed by atoms with Gasteiger partial charge in [-0.25, -0.2) is 0 Å². The molecule has 0 aliphatic carbocycles. The molecule has 1 aliphatic rings. The van der Waals surface area contributed by atoms with Crippen molar-refractivity contribution in [3.8, 4) is 0 Å². The molecule has 0 saturated heterocycles. The third-order valence-corrected chi connectivity index (χ3v) is 3.63. The molecule has 3 rings (SSSR count). The van der Waals surface area contributed by atoms with E-state index in [-0.39, 0.29) is 5.92 Å². The number of para-hydroxylation sites is 1. The third-order valence-electron chi connectivity index (χ3n) is 3.63. The van der Waals surface area contributed by atoms with E-state index in [0.717, 1.165) is 16.2 Å². The van der Waals surface area contributed by atoms with E-state index < -0.39 is 0 Å². The Morgan fingerprint density at radius 1 is 1.20 bits per heavy atom. The fourth-order valence-electron chi connectivity index (χ4n) is 2.81. The van der Waals surface area contributed by atoms with Crippen LogP contribution in [-0.2, 0) is 4.74 Å². The molecule has 1 atom stereocenters. The minimum Gasteiger partial charge on any atom is -0.754 e. The van der Waals surface area contributed by atoms with E-state index in [2.05, 4.69) is 0 Å². The Hall–Kier alpha value is -2.24. The molecule has 0 radical (unpaired) electrons. The number of anilines is 4. The first-order chi connectivity index (χ1) is 9.63. The van der Waals surface area contributed by atoms with Crippen LogP contribution in [0.2, 0.25) is 0 Å². The highest BCUT2D eigenvalue weighted by molar-refractivity contribution is 5.86. The standard InChI is InChI=1S/C15H16N3O2/c1-20-8-12-10-4-2-3-5-14(10)18(19)15-11(12)6-9(16)7-13(15)17/h2-7,12H,8,16-17H2,1H3/q-1. The number of hydrogen-bond donors (Lipinski definition) is 2. The summed E-state index contributed by atoms with van der Waals surface area (Å²) in [4.78, 5) is 0. The molecule has 5 nitrogen and oxygen atoms in total. The number of nitrogen functional groups attached to an aromatic ring is 2. The maximum absolute atomic E-state index is 12.5. The predicted molar refractivity (Wildman–Crippen MR) is 80.9 cm³/mol. The zero-order valence-corrected chi connectivity index (χ0v) is 11.2. The quantitative estimate of drug-likeness (QED) is 0.819. The summed E-state index contributed by atoms with van der Waals surface area (Å²) >= 11 is 0. The summed E-state index contributed by atoms with van der Waals surface area (Å²) in [5.74, 6) is -0.0396. The third kappa shape index (κ3) is 1.79. The van der Waals surface area contributed by atoms with Crippen LogP contribution >= 0.6 is 0 Å². The minimum atomic E-state index is -0.0396. The molecular formula is C15H16N3O2-. The minimum absolute atomic E-state index is 0.0396. The fourth-order valence-corrected chi connectivity index (χ4v) is 2.81. The summed E-state index contributed by atoms with van der Waals surface area (Å²) in [6.45, 7) is 0.473. The lowest BCUT2D eigenvalue weighted by Crippen LogP contribution is -2.24. The highest BCUT2D eigenvalue weighted by atomic mass is 16.5. The molecule has 2 aromatic rings. The smallest absolute Gasteiger partial charge is 0.0578 e. The second-order valence-electron chi connectivity index (χ2n) is 4.91. The Morgan fingerprint density at radius 3 is 2.70 bits per heavy atom. The number of rotatable bonds is 2. The lowest BCUT2D eigenvalue weighted by molar-refractivity contribution is 0.189. The summed E-state index contributed by atoms with van der Waals surface area (Å²) in [5, 5.41) is 13.4. The van der Waals surface area contributed by atoms with Crippen LogP contribution < -0.4 is 16.5 Å². The molecule has 0 saturated carbocycles. The fraction of sp³-hybridized carbons (Fsp3) is 0.200. The molecule has 1 aliphatic heterocycles. The first-order valence-electron chi connectivity index (χ1n) is 6.37. The van der Waals surface area contributed by atoms with E-state index in [1.165, 1.54) is 0 Å². The summed E-state index contributed by atoms with van der Waals surface area (Å²) in [5.41, 5.74) is 15.6. The van der Waals surface area contributed by atoms with Crippen molar-refractivity contribution in [1.82, 2.24) is 0 Å². The van der Waals surface area contributed by atoms with Gasteiger partial charge in [-0.1, -0.05) is 18.2 Å². The topological polar surface area (TPSA) is 87.6 Å². The van der Waals surface area contributed by atoms with E-state index in [9.17, 15) is 5.21 Å². The molecule has 1 heterocycles. The average molecular weight is 270 g/mol. The Bertz CT molecular complexity index is 658. The van der Waals surface area contributed by atoms with E-state index in [0.29, 0.717) is 29.4 Å². The molecule has 0 fully saturated rings. The van der Waals surface area contributed by atoms with E-state index in [1.807, 2.05) is 18.2 Å². The first-order valence-corrected chi connectivity index (χ1v) is 6.37. The molecule has 5 heteroatoms. The zero-order chi connectivity index (χ0) is 14.3. The monoisotopic (exact) mass is 270 g/mol. The van der Waals surface area contributed by atoms with Crippen molar-refractivity contribution >= 4 is 22.7 Å². The van der Waals surface area contributed by atoms with Crippen LogP contribution in [0, 0.1) is 5.21 Å². The van der Waals surface area contributed by atoms with Crippen molar-refractivity contribution in [2.45, 2.75) is 5.92 Å². The van der Waals surface area contributed by atoms with Crippen molar-refractivity contribution < 1.29 is 4.74 Å². The number of ether oxygens (including phenoxy) is 1. The Kier molecular flexibility index (Phi) is 3.00. The molecular weight excluding hydrogens is 254 g/mol. The maximum Gasteiger partial charge on any atom is 0.0578 e. The number of fused-ring (bicyclic) bond motifs is 2. The van der Waals surface area contributed by atoms with Crippen molar-refractivity contribution in [3.63, 3.8) is 0 Å². The van der Waals surface area contributed by atoms with Gasteiger partial charge in [-0.05, 0) is 29.3 Å². The van der Waals surface area contributed by atoms with Crippen LogP contribution in [0.3, 0.4) is 0 Å². The molecule has 0 amide bonds. The van der Waals surface area contributed by atoms with E-state index in [4.69, 9.17) is 16.2 Å². The number of hydrogen-bond acceptors (Lipinski definition) is 5. The van der Waals surface area contributed by atoms with Crippen LogP contribution in [0.5, 0.6) is 0 Å². The molecule has 0 spiro atoms. The summed E-state index contributed by atoms with van der Waals surface area (Å²) in [7, 11) is 1.64. The van der Waals surface area contributed by atoms with Gasteiger partial charge in [-0.15, -0.1) is 0 Å². The normalized spacial score (nSPS) is 16.7. The molecule has 2 aromatic carbocycles. The predicted octanol–water partition coefficient (Wildman–Crippen LogP) is 2.58. The van der Waals surface area contributed by atoms with Gasteiger partial charge in [0.1, 0.15) is 0 Å². The zero-order valence-electron chi connectivity index (χ0n) is 11.2. The van der Waals surface area contributed by atoms with Gasteiger partial charge in [-0.2, -0.15) is 0 Å². The molecule has 0 aromatic heterocycles. The van der Waals surface area contributed by atoms with Gasteiger partial charge in [0.05, 0.1) is 18.0 Å². The summed E-state index contributed by atoms with van der Waals surface area (Å²) < 4.78 is 5.31. The highest BCUT2D eigenvalue weighted by Crippen LogP contribution is 2.48. The van der Waals surface area contributed by atoms with Crippen molar-refractivity contribution in [3.05, 3.63) is 52.7 Å². The van der Waals surface area contributed by atoms with Crippen LogP contribution in [0.4, 0.5) is 22.7 Å². The van der Waals surface area contributed by atoms with Crippen molar-refractivity contribution in [2.75, 3.05) is 30.2 Å². The number of benzene rings is 2. The summed E-state index contributed by atoms with van der Waals surface area (Å²) in [6, 6.07) is 10.9. The van der Waals surface area contributed by atoms with Crippen molar-refractivity contribution in [2.24, 2.45) is 0 Å². The summed E-state index contributed by atoms with van der Waals surface area (Å²) in [6.07, 6.45) is 0. The molecule has 20 heavy (non-hydrogen) atoms. The van der Waals surface area contributed by atoms with Gasteiger partial charge in [0.25, 0.3) is 0 Å². The van der Waals surface area contributed by atoms with Gasteiger partial charge in [-0.3, -0.25) is 0 Å². The highest BCUT2D eigenvalue weighted by Gasteiger charge is 2.28. The first kappa shape index (κ1) is 12.8. The van der Waals surface area contributed by atoms with Crippen LogP contribution in [-0.4, -0.2) is 13.7 Å². The van der Waals surface area contributed by atoms with Gasteiger partial charge >= 0.3 is 0 Å². The number of nitrogens with two attached hydrogens (primary N) is 2. The lowest BCUT2D eigenvalue weighted by Gasteiger charge is -2.42. The van der Waals surface area contributed by atoms with E-state index in [1.54, 1.807) is 25.3 Å². The van der Waals surface area contributed by atoms with Gasteiger partial charge in [0.15, 0.2) is 0 Å². The molecule has 0 bridgehead atoms. The lowest BCUT2D eigenvalue weighted by atomic mass is 9.85. The van der Waals surface area contributed by atoms with Crippen LogP contribution in [0.1, 0.15) is 17.0 Å². The average Bonchev–Trinajstić information content (AvgIpc) is 2.42. The van der Waals surface area contributed by atoms with Gasteiger partial charge in [0.2, 0.25) is 0 Å². The largest absolute Gasteiger partial charge is 0.754 e. The Balaban J connectivity index is 2.26. The Morgan fingerprint density at radius 2 is 1.95 bits per heavy atom. The molecule has 104 valence electrons. The SMILES string of the molecule is COCC1c2ccccc2N([O-])c2c(N)cc(N)cc21. The Labute approximate surface area is 117 Å². The number of methoxy groups -OCH3 is 1. The van der Waals surface area contributed by atoms with Gasteiger partial charge in [0, 0.05) is 24.4 Å². The van der Waals surface area contributed by atoms with Crippen LogP contribution in [0.15, 0.2) is 36.4 Å². The second kappa shape index (κ2) is 4.70. The number of nitrogens with zero attached hydrogens (tertiary/aromatic N) is 1. The van der Waals surface area contributed by atoms with E-state index >= 15 is 0 Å². The second-order valence-corrected chi connectivity index (χ2v) is 4.91. The van der Waals surface area contributed by atoms with Crippen LogP contribution in [0.25, 0.3) is 0 Å². The van der Waals surface area contributed by atoms with Gasteiger partial charge < -0.3 is 26.5 Å². The van der Waals surface area contributed by atoms with Crippen molar-refractivity contribution in [1.29, 1.82) is 0 Å². The molecule has 4 N–H and O–H groups in total. The maximum atomic E-state index is 12.5.